The number of hydrogen-bond acceptors (Lipinski definition) is 5. The zero-order valence-corrected chi connectivity index (χ0v) is 15.4. The molecule has 140 valence electrons. The number of Topliss-reactive ketones (excluding diaryl/α,β-unsaturated/α-hetero) is 1. The zero-order chi connectivity index (χ0) is 18.9. The predicted octanol–water partition coefficient (Wildman–Crippen LogP) is 2.59. The summed E-state index contributed by atoms with van der Waals surface area (Å²) in [5.74, 6) is -0.0227. The summed E-state index contributed by atoms with van der Waals surface area (Å²) >= 11 is 0. The highest BCUT2D eigenvalue weighted by Gasteiger charge is 2.57. The van der Waals surface area contributed by atoms with Crippen LogP contribution in [0.2, 0.25) is 0 Å². The van der Waals surface area contributed by atoms with E-state index < -0.39 is 23.3 Å². The third-order valence-electron chi connectivity index (χ3n) is 4.48. The van der Waals surface area contributed by atoms with Crippen LogP contribution in [0, 0.1) is 0 Å². The SMILES string of the molecule is CC(C)(C)OC(=O)N1CC2(CC(=O)CN2C(=O)OCc2ccccc2)C1. The number of amides is 2. The first kappa shape index (κ1) is 18.2. The molecular weight excluding hydrogens is 336 g/mol. The van der Waals surface area contributed by atoms with Gasteiger partial charge < -0.3 is 14.4 Å². The van der Waals surface area contributed by atoms with E-state index in [4.69, 9.17) is 9.47 Å². The van der Waals surface area contributed by atoms with Crippen LogP contribution in [0.15, 0.2) is 30.3 Å². The van der Waals surface area contributed by atoms with Crippen LogP contribution < -0.4 is 0 Å². The molecule has 0 atom stereocenters. The van der Waals surface area contributed by atoms with Gasteiger partial charge in [0.2, 0.25) is 0 Å². The molecule has 2 saturated heterocycles. The average Bonchev–Trinajstić information content (AvgIpc) is 2.88. The molecule has 0 aliphatic carbocycles. The van der Waals surface area contributed by atoms with Gasteiger partial charge in [-0.2, -0.15) is 0 Å². The van der Waals surface area contributed by atoms with Crippen LogP contribution in [0.4, 0.5) is 9.59 Å². The maximum absolute atomic E-state index is 12.5. The molecule has 7 nitrogen and oxygen atoms in total. The molecule has 2 aliphatic heterocycles. The lowest BCUT2D eigenvalue weighted by Crippen LogP contribution is -2.70. The van der Waals surface area contributed by atoms with E-state index in [1.165, 1.54) is 9.80 Å². The number of hydrogen-bond donors (Lipinski definition) is 0. The second-order valence-corrected chi connectivity index (χ2v) is 7.90. The van der Waals surface area contributed by atoms with Crippen molar-refractivity contribution >= 4 is 18.0 Å². The molecular formula is C19H24N2O5. The Kier molecular flexibility index (Phi) is 4.64. The number of rotatable bonds is 2. The Bertz CT molecular complexity index is 704. The highest BCUT2D eigenvalue weighted by molar-refractivity contribution is 5.90. The van der Waals surface area contributed by atoms with E-state index in [2.05, 4.69) is 0 Å². The maximum atomic E-state index is 12.5. The minimum atomic E-state index is -0.665. The van der Waals surface area contributed by atoms with Crippen molar-refractivity contribution in [1.29, 1.82) is 0 Å². The monoisotopic (exact) mass is 360 g/mol. The van der Waals surface area contributed by atoms with Crippen LogP contribution in [0.1, 0.15) is 32.8 Å². The van der Waals surface area contributed by atoms with E-state index in [1.54, 1.807) is 20.8 Å². The van der Waals surface area contributed by atoms with E-state index in [9.17, 15) is 14.4 Å². The first-order valence-electron chi connectivity index (χ1n) is 8.66. The summed E-state index contributed by atoms with van der Waals surface area (Å²) in [5.41, 5.74) is -0.370. The summed E-state index contributed by atoms with van der Waals surface area (Å²) in [7, 11) is 0. The van der Waals surface area contributed by atoms with Gasteiger partial charge >= 0.3 is 12.2 Å². The van der Waals surface area contributed by atoms with E-state index in [0.717, 1.165) is 5.56 Å². The van der Waals surface area contributed by atoms with Gasteiger partial charge in [0.25, 0.3) is 0 Å². The van der Waals surface area contributed by atoms with Crippen molar-refractivity contribution in [1.82, 2.24) is 9.80 Å². The fourth-order valence-corrected chi connectivity index (χ4v) is 3.32. The minimum absolute atomic E-state index is 0.0227. The molecule has 1 aromatic rings. The van der Waals surface area contributed by atoms with Crippen molar-refractivity contribution < 1.29 is 23.9 Å². The fourth-order valence-electron chi connectivity index (χ4n) is 3.32. The second-order valence-electron chi connectivity index (χ2n) is 7.90. The molecule has 1 aromatic carbocycles. The number of benzene rings is 1. The number of ketones is 1. The van der Waals surface area contributed by atoms with Gasteiger partial charge in [0.1, 0.15) is 12.2 Å². The molecule has 0 radical (unpaired) electrons. The topological polar surface area (TPSA) is 76.2 Å². The number of carbonyl (C=O) groups is 3. The number of ether oxygens (including phenoxy) is 2. The van der Waals surface area contributed by atoms with Gasteiger partial charge in [-0.15, -0.1) is 0 Å². The highest BCUT2D eigenvalue weighted by atomic mass is 16.6. The highest BCUT2D eigenvalue weighted by Crippen LogP contribution is 2.37. The molecule has 1 spiro atoms. The summed E-state index contributed by atoms with van der Waals surface area (Å²) in [5, 5.41) is 0. The summed E-state index contributed by atoms with van der Waals surface area (Å²) in [6.45, 7) is 6.14. The van der Waals surface area contributed by atoms with Crippen molar-refractivity contribution in [2.45, 2.75) is 44.9 Å². The van der Waals surface area contributed by atoms with Crippen LogP contribution in [-0.2, 0) is 20.9 Å². The van der Waals surface area contributed by atoms with Gasteiger partial charge in [-0.1, -0.05) is 30.3 Å². The number of likely N-dealkylation sites (tertiary alicyclic amines) is 2. The predicted molar refractivity (Wildman–Crippen MR) is 93.5 cm³/mol. The van der Waals surface area contributed by atoms with E-state index in [1.807, 2.05) is 30.3 Å². The molecule has 26 heavy (non-hydrogen) atoms. The van der Waals surface area contributed by atoms with E-state index >= 15 is 0 Å². The Morgan fingerprint density at radius 1 is 1.12 bits per heavy atom. The van der Waals surface area contributed by atoms with Gasteiger partial charge in [-0.05, 0) is 26.3 Å². The fraction of sp³-hybridized carbons (Fsp3) is 0.526. The molecule has 2 aliphatic rings. The Morgan fingerprint density at radius 3 is 2.38 bits per heavy atom. The van der Waals surface area contributed by atoms with Crippen LogP contribution in [0.3, 0.4) is 0 Å². The first-order valence-corrected chi connectivity index (χ1v) is 8.66. The Morgan fingerprint density at radius 2 is 1.77 bits per heavy atom. The third-order valence-corrected chi connectivity index (χ3v) is 4.48. The Labute approximate surface area is 152 Å². The van der Waals surface area contributed by atoms with Crippen LogP contribution >= 0.6 is 0 Å². The number of carbonyl (C=O) groups excluding carboxylic acids is 3. The van der Waals surface area contributed by atoms with Gasteiger partial charge in [0, 0.05) is 19.5 Å². The van der Waals surface area contributed by atoms with Crippen molar-refractivity contribution in [3.05, 3.63) is 35.9 Å². The van der Waals surface area contributed by atoms with Crippen molar-refractivity contribution in [2.75, 3.05) is 19.6 Å². The molecule has 3 rings (SSSR count). The largest absolute Gasteiger partial charge is 0.445 e. The summed E-state index contributed by atoms with van der Waals surface area (Å²) in [6.07, 6.45) is -0.712. The molecule has 0 saturated carbocycles. The third kappa shape index (κ3) is 3.81. The summed E-state index contributed by atoms with van der Waals surface area (Å²) in [4.78, 5) is 39.6. The van der Waals surface area contributed by atoms with Crippen molar-refractivity contribution in [2.24, 2.45) is 0 Å². The molecule has 2 heterocycles. The smallest absolute Gasteiger partial charge is 0.411 e. The Balaban J connectivity index is 1.60. The standard InChI is InChI=1S/C19H24N2O5/c1-18(2,3)26-16(23)20-12-19(13-20)9-15(22)10-21(19)17(24)25-11-14-7-5-4-6-8-14/h4-8H,9-13H2,1-3H3. The quantitative estimate of drug-likeness (QED) is 0.810. The Hall–Kier alpha value is -2.57. The van der Waals surface area contributed by atoms with Crippen LogP contribution in [0.25, 0.3) is 0 Å². The maximum Gasteiger partial charge on any atom is 0.411 e. The first-order chi connectivity index (χ1) is 12.2. The van der Waals surface area contributed by atoms with Gasteiger partial charge in [0.15, 0.2) is 5.78 Å². The van der Waals surface area contributed by atoms with Crippen molar-refractivity contribution in [3.8, 4) is 0 Å². The molecule has 2 amide bonds. The minimum Gasteiger partial charge on any atom is -0.445 e. The van der Waals surface area contributed by atoms with Crippen LogP contribution in [0.5, 0.6) is 0 Å². The van der Waals surface area contributed by atoms with E-state index in [0.29, 0.717) is 0 Å². The average molecular weight is 360 g/mol. The number of nitrogens with zero attached hydrogens (tertiary/aromatic N) is 2. The summed E-state index contributed by atoms with van der Waals surface area (Å²) in [6, 6.07) is 9.36. The molecule has 0 bridgehead atoms. The molecule has 7 heteroatoms. The molecule has 2 fully saturated rings. The second kappa shape index (κ2) is 6.63. The zero-order valence-electron chi connectivity index (χ0n) is 15.4. The van der Waals surface area contributed by atoms with Gasteiger partial charge in [-0.3, -0.25) is 9.69 Å². The van der Waals surface area contributed by atoms with E-state index in [-0.39, 0.29) is 38.4 Å². The van der Waals surface area contributed by atoms with Gasteiger partial charge in [0.05, 0.1) is 12.1 Å². The molecule has 0 aromatic heterocycles. The van der Waals surface area contributed by atoms with Crippen molar-refractivity contribution in [3.63, 3.8) is 0 Å². The van der Waals surface area contributed by atoms with Crippen LogP contribution in [-0.4, -0.2) is 58.5 Å². The molecule has 0 unspecified atom stereocenters. The lowest BCUT2D eigenvalue weighted by Gasteiger charge is -2.51. The summed E-state index contributed by atoms with van der Waals surface area (Å²) < 4.78 is 10.7. The normalized spacial score (nSPS) is 18.7. The van der Waals surface area contributed by atoms with Gasteiger partial charge in [-0.25, -0.2) is 9.59 Å². The molecule has 0 N–H and O–H groups in total. The lowest BCUT2D eigenvalue weighted by atomic mass is 9.87. The lowest BCUT2D eigenvalue weighted by molar-refractivity contribution is -0.117.